The minimum Gasteiger partial charge on any atom is -0.386 e. The molecule has 2 N–H and O–H groups in total. The van der Waals surface area contributed by atoms with E-state index in [9.17, 15) is 9.90 Å². The van der Waals surface area contributed by atoms with Crippen LogP contribution in [0.3, 0.4) is 0 Å². The highest BCUT2D eigenvalue weighted by Crippen LogP contribution is 2.16. The fraction of sp³-hybridized carbons (Fsp3) is 0.235. The highest BCUT2D eigenvalue weighted by Gasteiger charge is 2.18. The van der Waals surface area contributed by atoms with Crippen LogP contribution in [-0.2, 0) is 11.2 Å². The summed E-state index contributed by atoms with van der Waals surface area (Å²) >= 11 is 0. The maximum Gasteiger partial charge on any atom is 0.224 e. The molecule has 0 aromatic heterocycles. The van der Waals surface area contributed by atoms with Gasteiger partial charge in [0.05, 0.1) is 18.6 Å². The molecule has 2 aromatic rings. The van der Waals surface area contributed by atoms with Crippen LogP contribution in [0.15, 0.2) is 60.7 Å². The smallest absolute Gasteiger partial charge is 0.224 e. The number of hydrogen-bond acceptors (Lipinski definition) is 2. The first-order valence-electron chi connectivity index (χ1n) is 6.73. The Morgan fingerprint density at radius 1 is 1.05 bits per heavy atom. The predicted octanol–water partition coefficient (Wildman–Crippen LogP) is 2.47. The lowest BCUT2D eigenvalue weighted by molar-refractivity contribution is -0.121. The number of aliphatic hydroxyl groups is 1. The standard InChI is InChI=1S/C17H19NO2/c1-13(17(20)15-10-6-3-7-11-15)18-16(19)12-14-8-4-2-5-9-14/h2-11,13,17,20H,12H2,1H3,(H,18,19)/t13-,17+/m1/s1. The van der Waals surface area contributed by atoms with Crippen LogP contribution in [0, 0.1) is 0 Å². The third-order valence-electron chi connectivity index (χ3n) is 3.21. The van der Waals surface area contributed by atoms with E-state index in [1.807, 2.05) is 60.7 Å². The lowest BCUT2D eigenvalue weighted by Crippen LogP contribution is -2.37. The molecule has 0 saturated heterocycles. The van der Waals surface area contributed by atoms with Gasteiger partial charge in [-0.1, -0.05) is 60.7 Å². The van der Waals surface area contributed by atoms with E-state index in [1.165, 1.54) is 0 Å². The van der Waals surface area contributed by atoms with Crippen molar-refractivity contribution in [3.63, 3.8) is 0 Å². The van der Waals surface area contributed by atoms with Crippen LogP contribution >= 0.6 is 0 Å². The van der Waals surface area contributed by atoms with Crippen LogP contribution in [0.2, 0.25) is 0 Å². The Morgan fingerprint density at radius 2 is 1.60 bits per heavy atom. The molecule has 104 valence electrons. The predicted molar refractivity (Wildman–Crippen MR) is 79.2 cm³/mol. The van der Waals surface area contributed by atoms with E-state index < -0.39 is 6.10 Å². The van der Waals surface area contributed by atoms with Gasteiger partial charge in [-0.3, -0.25) is 4.79 Å². The van der Waals surface area contributed by atoms with Gasteiger partial charge in [-0.15, -0.1) is 0 Å². The summed E-state index contributed by atoms with van der Waals surface area (Å²) in [7, 11) is 0. The molecule has 0 unspecified atom stereocenters. The molecule has 0 heterocycles. The van der Waals surface area contributed by atoms with Crippen molar-refractivity contribution < 1.29 is 9.90 Å². The second-order valence-corrected chi connectivity index (χ2v) is 4.87. The van der Waals surface area contributed by atoms with Crippen molar-refractivity contribution in [3.8, 4) is 0 Å². The Morgan fingerprint density at radius 3 is 2.20 bits per heavy atom. The first-order chi connectivity index (χ1) is 9.66. The number of nitrogens with one attached hydrogen (secondary N) is 1. The molecule has 0 aliphatic heterocycles. The molecule has 0 aliphatic rings. The lowest BCUT2D eigenvalue weighted by Gasteiger charge is -2.20. The molecule has 1 amide bonds. The van der Waals surface area contributed by atoms with Crippen molar-refractivity contribution in [2.45, 2.75) is 25.5 Å². The van der Waals surface area contributed by atoms with E-state index in [2.05, 4.69) is 5.32 Å². The summed E-state index contributed by atoms with van der Waals surface area (Å²) in [6, 6.07) is 18.6. The van der Waals surface area contributed by atoms with Crippen molar-refractivity contribution in [1.29, 1.82) is 0 Å². The number of hydrogen-bond donors (Lipinski definition) is 2. The van der Waals surface area contributed by atoms with Crippen LogP contribution in [0.1, 0.15) is 24.2 Å². The largest absolute Gasteiger partial charge is 0.386 e. The molecule has 3 nitrogen and oxygen atoms in total. The van der Waals surface area contributed by atoms with Crippen LogP contribution in [0.4, 0.5) is 0 Å². The van der Waals surface area contributed by atoms with Gasteiger partial charge in [0.1, 0.15) is 0 Å². The third kappa shape index (κ3) is 3.93. The normalized spacial score (nSPS) is 13.5. The van der Waals surface area contributed by atoms with E-state index in [0.29, 0.717) is 6.42 Å². The van der Waals surface area contributed by atoms with E-state index in [-0.39, 0.29) is 11.9 Å². The number of benzene rings is 2. The Kier molecular flexibility index (Phi) is 4.91. The van der Waals surface area contributed by atoms with Gasteiger partial charge in [0.15, 0.2) is 0 Å². The minimum absolute atomic E-state index is 0.0846. The number of carbonyl (C=O) groups excluding carboxylic acids is 1. The zero-order valence-corrected chi connectivity index (χ0v) is 11.5. The van der Waals surface area contributed by atoms with Gasteiger partial charge in [0.25, 0.3) is 0 Å². The van der Waals surface area contributed by atoms with Crippen molar-refractivity contribution in [3.05, 3.63) is 71.8 Å². The number of aliphatic hydroxyl groups excluding tert-OH is 1. The van der Waals surface area contributed by atoms with Gasteiger partial charge in [-0.2, -0.15) is 0 Å². The van der Waals surface area contributed by atoms with Crippen molar-refractivity contribution in [2.75, 3.05) is 0 Å². The maximum atomic E-state index is 11.9. The van der Waals surface area contributed by atoms with Crippen LogP contribution in [0.5, 0.6) is 0 Å². The van der Waals surface area contributed by atoms with Gasteiger partial charge in [0, 0.05) is 0 Å². The average Bonchev–Trinajstić information content (AvgIpc) is 2.48. The highest BCUT2D eigenvalue weighted by molar-refractivity contribution is 5.78. The van der Waals surface area contributed by atoms with Gasteiger partial charge in [-0.05, 0) is 18.1 Å². The summed E-state index contributed by atoms with van der Waals surface area (Å²) in [5.74, 6) is -0.0846. The molecule has 20 heavy (non-hydrogen) atoms. The molecular formula is C17H19NO2. The Hall–Kier alpha value is -2.13. The molecule has 0 fully saturated rings. The monoisotopic (exact) mass is 269 g/mol. The third-order valence-corrected chi connectivity index (χ3v) is 3.21. The van der Waals surface area contributed by atoms with Crippen LogP contribution in [0.25, 0.3) is 0 Å². The second-order valence-electron chi connectivity index (χ2n) is 4.87. The fourth-order valence-electron chi connectivity index (χ4n) is 2.10. The summed E-state index contributed by atoms with van der Waals surface area (Å²) in [4.78, 5) is 11.9. The topological polar surface area (TPSA) is 49.3 Å². The second kappa shape index (κ2) is 6.87. The van der Waals surface area contributed by atoms with Gasteiger partial charge >= 0.3 is 0 Å². The van der Waals surface area contributed by atoms with Gasteiger partial charge in [-0.25, -0.2) is 0 Å². The van der Waals surface area contributed by atoms with E-state index in [1.54, 1.807) is 6.92 Å². The molecule has 0 bridgehead atoms. The van der Waals surface area contributed by atoms with E-state index in [0.717, 1.165) is 11.1 Å². The van der Waals surface area contributed by atoms with Crippen LogP contribution in [-0.4, -0.2) is 17.1 Å². The van der Waals surface area contributed by atoms with E-state index in [4.69, 9.17) is 0 Å². The average molecular weight is 269 g/mol. The van der Waals surface area contributed by atoms with Crippen molar-refractivity contribution in [1.82, 2.24) is 5.32 Å². The van der Waals surface area contributed by atoms with Crippen molar-refractivity contribution >= 4 is 5.91 Å². The highest BCUT2D eigenvalue weighted by atomic mass is 16.3. The summed E-state index contributed by atoms with van der Waals surface area (Å²) in [5, 5.41) is 13.0. The summed E-state index contributed by atoms with van der Waals surface area (Å²) < 4.78 is 0. The molecule has 3 heteroatoms. The Balaban J connectivity index is 1.91. The zero-order chi connectivity index (χ0) is 14.4. The Bertz CT molecular complexity index is 539. The molecule has 0 saturated carbocycles. The fourth-order valence-corrected chi connectivity index (χ4v) is 2.10. The first kappa shape index (κ1) is 14.3. The first-order valence-corrected chi connectivity index (χ1v) is 6.73. The van der Waals surface area contributed by atoms with Gasteiger partial charge < -0.3 is 10.4 Å². The summed E-state index contributed by atoms with van der Waals surface area (Å²) in [6.07, 6.45) is -0.372. The molecule has 2 aromatic carbocycles. The maximum absolute atomic E-state index is 11.9. The molecule has 0 spiro atoms. The zero-order valence-electron chi connectivity index (χ0n) is 11.5. The minimum atomic E-state index is -0.698. The van der Waals surface area contributed by atoms with E-state index >= 15 is 0 Å². The molecular weight excluding hydrogens is 250 g/mol. The quantitative estimate of drug-likeness (QED) is 0.876. The molecule has 2 rings (SSSR count). The summed E-state index contributed by atoms with van der Waals surface area (Å²) in [5.41, 5.74) is 1.77. The van der Waals surface area contributed by atoms with Crippen molar-refractivity contribution in [2.24, 2.45) is 0 Å². The van der Waals surface area contributed by atoms with Gasteiger partial charge in [0.2, 0.25) is 5.91 Å². The number of carbonyl (C=O) groups is 1. The molecule has 0 radical (unpaired) electrons. The van der Waals surface area contributed by atoms with Crippen LogP contribution < -0.4 is 5.32 Å². The number of rotatable bonds is 5. The molecule has 0 aliphatic carbocycles. The SMILES string of the molecule is C[C@@H](NC(=O)Cc1ccccc1)[C@H](O)c1ccccc1. The Labute approximate surface area is 119 Å². The molecule has 2 atom stereocenters. The summed E-state index contributed by atoms with van der Waals surface area (Å²) in [6.45, 7) is 1.81. The lowest BCUT2D eigenvalue weighted by atomic mass is 10.0. The number of amides is 1.